The normalized spacial score (nSPS) is 11.3. The van der Waals surface area contributed by atoms with E-state index in [1.54, 1.807) is 12.1 Å². The molecule has 0 spiro atoms. The Morgan fingerprint density at radius 3 is 2.09 bits per heavy atom. The molecule has 0 aromatic heterocycles. The molecule has 2 aromatic rings. The van der Waals surface area contributed by atoms with Crippen LogP contribution in [0.4, 0.5) is 5.69 Å². The van der Waals surface area contributed by atoms with Crippen LogP contribution in [0.25, 0.3) is 0 Å². The highest BCUT2D eigenvalue weighted by Crippen LogP contribution is 2.17. The fourth-order valence-corrected chi connectivity index (χ4v) is 1.95. The van der Waals surface area contributed by atoms with Crippen LogP contribution in [0.15, 0.2) is 48.5 Å². The van der Waals surface area contributed by atoms with Crippen molar-refractivity contribution in [1.82, 2.24) is 5.32 Å². The number of non-ortho nitro benzene ring substituents is 1. The molecule has 0 bridgehead atoms. The predicted octanol–water partition coefficient (Wildman–Crippen LogP) is 4.06. The summed E-state index contributed by atoms with van der Waals surface area (Å²) in [5, 5.41) is 14.0. The van der Waals surface area contributed by atoms with Crippen LogP contribution in [0.5, 0.6) is 5.75 Å². The van der Waals surface area contributed by atoms with E-state index in [1.165, 1.54) is 17.7 Å². The lowest BCUT2D eigenvalue weighted by molar-refractivity contribution is -0.384. The van der Waals surface area contributed by atoms with Crippen LogP contribution in [0.3, 0.4) is 0 Å². The molecule has 5 nitrogen and oxygen atoms in total. The van der Waals surface area contributed by atoms with Gasteiger partial charge in [0.25, 0.3) is 5.69 Å². The van der Waals surface area contributed by atoms with Gasteiger partial charge in [-0.3, -0.25) is 10.1 Å². The first-order chi connectivity index (χ1) is 10.8. The summed E-state index contributed by atoms with van der Waals surface area (Å²) in [6.07, 6.45) is 0. The molecule has 0 aliphatic heterocycles. The van der Waals surface area contributed by atoms with Crippen molar-refractivity contribution in [2.24, 2.45) is 0 Å². The Hall–Kier alpha value is -2.40. The second kappa shape index (κ2) is 7.24. The Bertz CT molecular complexity index is 643. The van der Waals surface area contributed by atoms with Crippen molar-refractivity contribution >= 4 is 5.69 Å². The van der Waals surface area contributed by atoms with Crippen LogP contribution in [-0.2, 0) is 13.2 Å². The van der Waals surface area contributed by atoms with E-state index in [0.717, 1.165) is 17.9 Å². The van der Waals surface area contributed by atoms with E-state index in [0.29, 0.717) is 6.61 Å². The first-order valence-electron chi connectivity index (χ1n) is 7.53. The summed E-state index contributed by atoms with van der Waals surface area (Å²) in [5.41, 5.74) is 2.27. The number of nitrogens with one attached hydrogen (secondary N) is 1. The first-order valence-corrected chi connectivity index (χ1v) is 7.53. The lowest BCUT2D eigenvalue weighted by atomic mass is 10.1. The van der Waals surface area contributed by atoms with E-state index >= 15 is 0 Å². The predicted molar refractivity (Wildman–Crippen MR) is 90.5 cm³/mol. The van der Waals surface area contributed by atoms with Crippen molar-refractivity contribution in [2.45, 2.75) is 39.5 Å². The SMILES string of the molecule is CC(C)(C)NCc1ccc(OCc2ccc([N+](=O)[O-])cc2)cc1. The van der Waals surface area contributed by atoms with Crippen LogP contribution in [0.2, 0.25) is 0 Å². The van der Waals surface area contributed by atoms with Gasteiger partial charge in [0.05, 0.1) is 4.92 Å². The third kappa shape index (κ3) is 5.71. The molecule has 0 atom stereocenters. The standard InChI is InChI=1S/C18H22N2O3/c1-18(2,3)19-12-14-6-10-17(11-7-14)23-13-15-4-8-16(9-5-15)20(21)22/h4-11,19H,12-13H2,1-3H3. The van der Waals surface area contributed by atoms with Gasteiger partial charge in [0.1, 0.15) is 12.4 Å². The van der Waals surface area contributed by atoms with Crippen LogP contribution in [0.1, 0.15) is 31.9 Å². The molecule has 5 heteroatoms. The quantitative estimate of drug-likeness (QED) is 0.645. The highest BCUT2D eigenvalue weighted by atomic mass is 16.6. The Balaban J connectivity index is 1.87. The zero-order chi connectivity index (χ0) is 16.9. The van der Waals surface area contributed by atoms with Crippen LogP contribution < -0.4 is 10.1 Å². The maximum absolute atomic E-state index is 10.6. The molecule has 0 saturated heterocycles. The highest BCUT2D eigenvalue weighted by Gasteiger charge is 2.08. The lowest BCUT2D eigenvalue weighted by Crippen LogP contribution is -2.34. The second-order valence-corrected chi connectivity index (χ2v) is 6.46. The molecule has 0 aliphatic rings. The third-order valence-electron chi connectivity index (χ3n) is 3.30. The van der Waals surface area contributed by atoms with Crippen molar-refractivity contribution in [3.8, 4) is 5.75 Å². The molecule has 0 saturated carbocycles. The summed E-state index contributed by atoms with van der Waals surface area (Å²) < 4.78 is 5.70. The lowest BCUT2D eigenvalue weighted by Gasteiger charge is -2.20. The smallest absolute Gasteiger partial charge is 0.269 e. The topological polar surface area (TPSA) is 64.4 Å². The van der Waals surface area contributed by atoms with E-state index in [-0.39, 0.29) is 11.2 Å². The van der Waals surface area contributed by atoms with Crippen LogP contribution in [0, 0.1) is 10.1 Å². The third-order valence-corrected chi connectivity index (χ3v) is 3.30. The monoisotopic (exact) mass is 314 g/mol. The minimum atomic E-state index is -0.408. The Morgan fingerprint density at radius 2 is 1.57 bits per heavy atom. The van der Waals surface area contributed by atoms with E-state index in [4.69, 9.17) is 4.74 Å². The van der Waals surface area contributed by atoms with Crippen molar-refractivity contribution in [2.75, 3.05) is 0 Å². The van der Waals surface area contributed by atoms with Gasteiger partial charge in [-0.05, 0) is 56.2 Å². The molecule has 1 N–H and O–H groups in total. The van der Waals surface area contributed by atoms with Crippen molar-refractivity contribution in [1.29, 1.82) is 0 Å². The van der Waals surface area contributed by atoms with E-state index in [1.807, 2.05) is 24.3 Å². The van der Waals surface area contributed by atoms with Crippen molar-refractivity contribution in [3.05, 3.63) is 69.8 Å². The summed E-state index contributed by atoms with van der Waals surface area (Å²) in [6, 6.07) is 14.3. The number of nitro groups is 1. The molecule has 23 heavy (non-hydrogen) atoms. The molecule has 2 rings (SSSR count). The molecule has 2 aromatic carbocycles. The number of rotatable bonds is 6. The highest BCUT2D eigenvalue weighted by molar-refractivity contribution is 5.33. The van der Waals surface area contributed by atoms with Crippen molar-refractivity contribution < 1.29 is 9.66 Å². The van der Waals surface area contributed by atoms with Crippen LogP contribution >= 0.6 is 0 Å². The van der Waals surface area contributed by atoms with E-state index in [9.17, 15) is 10.1 Å². The fourth-order valence-electron chi connectivity index (χ4n) is 1.95. The zero-order valence-electron chi connectivity index (χ0n) is 13.7. The number of ether oxygens (including phenoxy) is 1. The average Bonchev–Trinajstić information content (AvgIpc) is 2.51. The van der Waals surface area contributed by atoms with Crippen LogP contribution in [-0.4, -0.2) is 10.5 Å². The van der Waals surface area contributed by atoms with Gasteiger partial charge in [-0.25, -0.2) is 0 Å². The van der Waals surface area contributed by atoms with Crippen molar-refractivity contribution in [3.63, 3.8) is 0 Å². The Morgan fingerprint density at radius 1 is 1.00 bits per heavy atom. The van der Waals surface area contributed by atoms with Gasteiger partial charge in [0.15, 0.2) is 0 Å². The van der Waals surface area contributed by atoms with Gasteiger partial charge in [0, 0.05) is 24.2 Å². The summed E-state index contributed by atoms with van der Waals surface area (Å²) in [4.78, 5) is 10.2. The number of hydrogen-bond donors (Lipinski definition) is 1. The molecule has 0 fully saturated rings. The molecular formula is C18H22N2O3. The number of nitro benzene ring substituents is 1. The van der Waals surface area contributed by atoms with Gasteiger partial charge in [0.2, 0.25) is 0 Å². The van der Waals surface area contributed by atoms with Gasteiger partial charge in [-0.15, -0.1) is 0 Å². The summed E-state index contributed by atoms with van der Waals surface area (Å²) >= 11 is 0. The molecule has 0 amide bonds. The molecule has 0 radical (unpaired) electrons. The molecule has 0 unspecified atom stereocenters. The molecule has 0 heterocycles. The maximum atomic E-state index is 10.6. The zero-order valence-corrected chi connectivity index (χ0v) is 13.7. The summed E-state index contributed by atoms with van der Waals surface area (Å²) in [5.74, 6) is 0.780. The number of benzene rings is 2. The second-order valence-electron chi connectivity index (χ2n) is 6.46. The molecule has 0 aliphatic carbocycles. The van der Waals surface area contributed by atoms with Gasteiger partial charge in [-0.1, -0.05) is 12.1 Å². The Labute approximate surface area is 136 Å². The first kappa shape index (κ1) is 17.0. The van der Waals surface area contributed by atoms with E-state index < -0.39 is 4.92 Å². The minimum Gasteiger partial charge on any atom is -0.489 e. The van der Waals surface area contributed by atoms with Gasteiger partial charge in [-0.2, -0.15) is 0 Å². The average molecular weight is 314 g/mol. The number of nitrogens with zero attached hydrogens (tertiary/aromatic N) is 1. The minimum absolute atomic E-state index is 0.0875. The summed E-state index contributed by atoms with van der Waals surface area (Å²) in [6.45, 7) is 7.60. The molecule has 122 valence electrons. The van der Waals surface area contributed by atoms with Gasteiger partial charge < -0.3 is 10.1 Å². The summed E-state index contributed by atoms with van der Waals surface area (Å²) in [7, 11) is 0. The fraction of sp³-hybridized carbons (Fsp3) is 0.333. The maximum Gasteiger partial charge on any atom is 0.269 e. The largest absolute Gasteiger partial charge is 0.489 e. The van der Waals surface area contributed by atoms with E-state index in [2.05, 4.69) is 26.1 Å². The molecular weight excluding hydrogens is 292 g/mol. The Kier molecular flexibility index (Phi) is 5.34. The van der Waals surface area contributed by atoms with Gasteiger partial charge >= 0.3 is 0 Å². The number of hydrogen-bond acceptors (Lipinski definition) is 4.